The van der Waals surface area contributed by atoms with E-state index >= 15 is 0 Å². The first-order valence-corrected chi connectivity index (χ1v) is 9.21. The van der Waals surface area contributed by atoms with Gasteiger partial charge in [0.1, 0.15) is 13.2 Å². The summed E-state index contributed by atoms with van der Waals surface area (Å²) in [5.74, 6) is 0.746. The molecule has 3 aromatic carbocycles. The van der Waals surface area contributed by atoms with Crippen LogP contribution in [-0.4, -0.2) is 5.97 Å². The Hall–Kier alpha value is -3.79. The first-order chi connectivity index (χ1) is 14.2. The fraction of sp³-hybridized carbons (Fsp3) is 0.0800. The monoisotopic (exact) mass is 386 g/mol. The molecule has 0 radical (unpaired) electrons. The van der Waals surface area contributed by atoms with Crippen LogP contribution in [0, 0.1) is 0 Å². The average molecular weight is 386 g/mol. The molecule has 0 amide bonds. The molecule has 0 aliphatic rings. The van der Waals surface area contributed by atoms with Crippen molar-refractivity contribution in [1.29, 1.82) is 0 Å². The summed E-state index contributed by atoms with van der Waals surface area (Å²) in [6.07, 6.45) is 4.09. The van der Waals surface area contributed by atoms with Crippen molar-refractivity contribution >= 4 is 12.0 Å². The largest absolute Gasteiger partial charge is 0.485 e. The standard InChI is InChI=1S/C25H22O4/c1-2-27-25(26)16-14-20-13-15-23(28-18-21-9-5-3-6-10-21)24(17-20)29-19-22-11-7-4-8-12-22/h2-17H,1,18-19H2/b16-14+. The van der Waals surface area contributed by atoms with Gasteiger partial charge in [0.15, 0.2) is 11.5 Å². The second-order valence-corrected chi connectivity index (χ2v) is 6.19. The van der Waals surface area contributed by atoms with Gasteiger partial charge in [-0.05, 0) is 34.9 Å². The predicted molar refractivity (Wildman–Crippen MR) is 113 cm³/mol. The van der Waals surface area contributed by atoms with Gasteiger partial charge in [0.05, 0.1) is 6.26 Å². The van der Waals surface area contributed by atoms with Gasteiger partial charge in [-0.3, -0.25) is 0 Å². The van der Waals surface area contributed by atoms with Crippen molar-refractivity contribution in [2.24, 2.45) is 0 Å². The van der Waals surface area contributed by atoms with Crippen molar-refractivity contribution in [2.75, 3.05) is 0 Å². The van der Waals surface area contributed by atoms with E-state index in [0.717, 1.165) is 23.0 Å². The molecule has 0 aromatic heterocycles. The third-order valence-corrected chi connectivity index (χ3v) is 4.05. The summed E-state index contributed by atoms with van der Waals surface area (Å²) in [4.78, 5) is 11.5. The van der Waals surface area contributed by atoms with Crippen LogP contribution in [0.15, 0.2) is 97.8 Å². The molecule has 0 spiro atoms. The maximum atomic E-state index is 11.5. The van der Waals surface area contributed by atoms with E-state index < -0.39 is 5.97 Å². The number of benzene rings is 3. The van der Waals surface area contributed by atoms with Gasteiger partial charge in [-0.15, -0.1) is 0 Å². The third-order valence-electron chi connectivity index (χ3n) is 4.05. The molecule has 3 aromatic rings. The molecular weight excluding hydrogens is 364 g/mol. The lowest BCUT2D eigenvalue weighted by molar-refractivity contribution is -0.132. The number of ether oxygens (including phenoxy) is 3. The first kappa shape index (κ1) is 20.0. The van der Waals surface area contributed by atoms with Crippen LogP contribution in [0.3, 0.4) is 0 Å². The van der Waals surface area contributed by atoms with Gasteiger partial charge in [-0.1, -0.05) is 73.3 Å². The Kier molecular flexibility index (Phi) is 7.24. The minimum absolute atomic E-state index is 0.411. The zero-order valence-electron chi connectivity index (χ0n) is 16.0. The highest BCUT2D eigenvalue weighted by molar-refractivity contribution is 5.87. The van der Waals surface area contributed by atoms with Gasteiger partial charge in [0, 0.05) is 6.08 Å². The lowest BCUT2D eigenvalue weighted by atomic mass is 10.2. The molecule has 3 rings (SSSR count). The van der Waals surface area contributed by atoms with E-state index in [2.05, 4.69) is 6.58 Å². The molecule has 0 aliphatic heterocycles. The van der Waals surface area contributed by atoms with Crippen molar-refractivity contribution in [3.63, 3.8) is 0 Å². The molecule has 29 heavy (non-hydrogen) atoms. The van der Waals surface area contributed by atoms with Gasteiger partial charge >= 0.3 is 5.97 Å². The SMILES string of the molecule is C=COC(=O)/C=C/c1ccc(OCc2ccccc2)c(OCc2ccccc2)c1. The smallest absolute Gasteiger partial charge is 0.335 e. The highest BCUT2D eigenvalue weighted by Gasteiger charge is 2.08. The van der Waals surface area contributed by atoms with Crippen LogP contribution in [0.1, 0.15) is 16.7 Å². The van der Waals surface area contributed by atoms with Gasteiger partial charge in [0.2, 0.25) is 0 Å². The Morgan fingerprint density at radius 3 is 1.97 bits per heavy atom. The summed E-state index contributed by atoms with van der Waals surface area (Å²) in [5.41, 5.74) is 2.91. The third kappa shape index (κ3) is 6.40. The fourth-order valence-corrected chi connectivity index (χ4v) is 2.62. The summed E-state index contributed by atoms with van der Waals surface area (Å²) < 4.78 is 16.7. The van der Waals surface area contributed by atoms with E-state index in [1.165, 1.54) is 6.08 Å². The molecule has 4 nitrogen and oxygen atoms in total. The summed E-state index contributed by atoms with van der Waals surface area (Å²) in [6, 6.07) is 25.4. The number of hydrogen-bond donors (Lipinski definition) is 0. The summed E-state index contributed by atoms with van der Waals surface area (Å²) >= 11 is 0. The van der Waals surface area contributed by atoms with E-state index in [1.54, 1.807) is 6.08 Å². The molecule has 0 N–H and O–H groups in total. The number of carbonyl (C=O) groups excluding carboxylic acids is 1. The van der Waals surface area contributed by atoms with Crippen molar-refractivity contribution in [3.05, 3.63) is 114 Å². The van der Waals surface area contributed by atoms with Gasteiger partial charge < -0.3 is 14.2 Å². The maximum absolute atomic E-state index is 11.5. The molecule has 0 bridgehead atoms. The highest BCUT2D eigenvalue weighted by Crippen LogP contribution is 2.30. The summed E-state index contributed by atoms with van der Waals surface area (Å²) in [5, 5.41) is 0. The molecule has 0 saturated heterocycles. The van der Waals surface area contributed by atoms with Crippen LogP contribution >= 0.6 is 0 Å². The zero-order valence-corrected chi connectivity index (χ0v) is 16.0. The number of rotatable bonds is 9. The first-order valence-electron chi connectivity index (χ1n) is 9.21. The van der Waals surface area contributed by atoms with E-state index in [0.29, 0.717) is 24.7 Å². The Morgan fingerprint density at radius 2 is 1.38 bits per heavy atom. The summed E-state index contributed by atoms with van der Waals surface area (Å²) in [7, 11) is 0. The molecule has 0 aliphatic carbocycles. The molecule has 0 heterocycles. The van der Waals surface area contributed by atoms with Crippen molar-refractivity contribution in [2.45, 2.75) is 13.2 Å². The summed E-state index contributed by atoms with van der Waals surface area (Å²) in [6.45, 7) is 4.21. The molecule has 4 heteroatoms. The van der Waals surface area contributed by atoms with Gasteiger partial charge in [-0.2, -0.15) is 0 Å². The van der Waals surface area contributed by atoms with E-state index in [-0.39, 0.29) is 0 Å². The molecule has 0 saturated carbocycles. The maximum Gasteiger partial charge on any atom is 0.335 e. The lowest BCUT2D eigenvalue weighted by Crippen LogP contribution is -2.01. The number of hydrogen-bond acceptors (Lipinski definition) is 4. The van der Waals surface area contributed by atoms with Crippen LogP contribution in [0.5, 0.6) is 11.5 Å². The molecular formula is C25H22O4. The molecule has 0 atom stereocenters. The van der Waals surface area contributed by atoms with Gasteiger partial charge in [0.25, 0.3) is 0 Å². The topological polar surface area (TPSA) is 44.8 Å². The Bertz CT molecular complexity index is 963. The fourth-order valence-electron chi connectivity index (χ4n) is 2.62. The van der Waals surface area contributed by atoms with Crippen LogP contribution in [-0.2, 0) is 22.7 Å². The van der Waals surface area contributed by atoms with E-state index in [9.17, 15) is 4.79 Å². The van der Waals surface area contributed by atoms with Crippen LogP contribution in [0.25, 0.3) is 6.08 Å². The van der Waals surface area contributed by atoms with E-state index in [4.69, 9.17) is 14.2 Å². The van der Waals surface area contributed by atoms with Gasteiger partial charge in [-0.25, -0.2) is 4.79 Å². The normalized spacial score (nSPS) is 10.5. The Labute approximate surface area is 170 Å². The van der Waals surface area contributed by atoms with Crippen LogP contribution < -0.4 is 9.47 Å². The zero-order chi connectivity index (χ0) is 20.3. The molecule has 146 valence electrons. The number of esters is 1. The second-order valence-electron chi connectivity index (χ2n) is 6.19. The molecule has 0 unspecified atom stereocenters. The van der Waals surface area contributed by atoms with E-state index in [1.807, 2.05) is 78.9 Å². The molecule has 0 fully saturated rings. The minimum atomic E-state index is -0.490. The predicted octanol–water partition coefficient (Wildman–Crippen LogP) is 5.54. The van der Waals surface area contributed by atoms with Crippen molar-refractivity contribution in [1.82, 2.24) is 0 Å². The quantitative estimate of drug-likeness (QED) is 0.275. The van der Waals surface area contributed by atoms with Crippen molar-refractivity contribution < 1.29 is 19.0 Å². The minimum Gasteiger partial charge on any atom is -0.485 e. The second kappa shape index (κ2) is 10.5. The van der Waals surface area contributed by atoms with Crippen LogP contribution in [0.2, 0.25) is 0 Å². The lowest BCUT2D eigenvalue weighted by Gasteiger charge is -2.14. The Morgan fingerprint density at radius 1 is 0.793 bits per heavy atom. The average Bonchev–Trinajstić information content (AvgIpc) is 2.77. The highest BCUT2D eigenvalue weighted by atomic mass is 16.5. The van der Waals surface area contributed by atoms with Crippen LogP contribution in [0.4, 0.5) is 0 Å². The Balaban J connectivity index is 1.77. The van der Waals surface area contributed by atoms with Crippen molar-refractivity contribution in [3.8, 4) is 11.5 Å². The number of carbonyl (C=O) groups is 1.